The van der Waals surface area contributed by atoms with E-state index in [9.17, 15) is 24.5 Å². The van der Waals surface area contributed by atoms with Gasteiger partial charge in [0.25, 0.3) is 5.91 Å². The fraction of sp³-hybridized carbons (Fsp3) is 0.182. The molecule has 4 amide bonds. The number of hydrogen-bond acceptors (Lipinski definition) is 5. The van der Waals surface area contributed by atoms with Gasteiger partial charge >= 0.3 is 18.0 Å². The summed E-state index contributed by atoms with van der Waals surface area (Å²) in [5.74, 6) is -1.95. The largest absolute Gasteiger partial charge is 0.324 e. The molecule has 2 atom stereocenters. The van der Waals surface area contributed by atoms with Crippen LogP contribution in [0.2, 0.25) is 0 Å². The Labute approximate surface area is 112 Å². The summed E-state index contributed by atoms with van der Waals surface area (Å²) < 4.78 is 0. The second-order valence-corrected chi connectivity index (χ2v) is 4.03. The van der Waals surface area contributed by atoms with E-state index in [1.807, 2.05) is 0 Å². The van der Waals surface area contributed by atoms with Crippen molar-refractivity contribution in [1.29, 1.82) is 0 Å². The van der Waals surface area contributed by atoms with E-state index in [-0.39, 0.29) is 0 Å². The van der Waals surface area contributed by atoms with Crippen LogP contribution in [0, 0.1) is 10.1 Å². The first kappa shape index (κ1) is 13.5. The van der Waals surface area contributed by atoms with E-state index in [4.69, 9.17) is 0 Å². The fourth-order valence-electron chi connectivity index (χ4n) is 1.76. The summed E-state index contributed by atoms with van der Waals surface area (Å²) in [5.41, 5.74) is 0.403. The third-order valence-electron chi connectivity index (χ3n) is 2.66. The van der Waals surface area contributed by atoms with Crippen molar-refractivity contribution in [2.24, 2.45) is 0 Å². The fourth-order valence-corrected chi connectivity index (χ4v) is 1.76. The van der Waals surface area contributed by atoms with Gasteiger partial charge < -0.3 is 10.6 Å². The standard InChI is InChI=1S/C11H10N4O5/c16-9(12-6-4-2-1-3-5-6)7-8(15(19)20)10(17)14-11(18)13-7/h1-5,7-8H,(H,12,16)(H2,13,14,17,18). The van der Waals surface area contributed by atoms with Crippen molar-refractivity contribution in [3.8, 4) is 0 Å². The Kier molecular flexibility index (Phi) is 3.60. The highest BCUT2D eigenvalue weighted by atomic mass is 16.6. The smallest absolute Gasteiger partial charge is 0.322 e. The van der Waals surface area contributed by atoms with E-state index < -0.39 is 34.9 Å². The molecule has 1 aromatic carbocycles. The molecule has 1 fully saturated rings. The van der Waals surface area contributed by atoms with Crippen LogP contribution in [0.1, 0.15) is 0 Å². The summed E-state index contributed by atoms with van der Waals surface area (Å²) in [5, 5.41) is 17.1. The molecule has 1 aromatic rings. The average Bonchev–Trinajstić information content (AvgIpc) is 2.38. The lowest BCUT2D eigenvalue weighted by molar-refractivity contribution is -0.509. The van der Waals surface area contributed by atoms with Crippen molar-refractivity contribution in [1.82, 2.24) is 10.6 Å². The number of rotatable bonds is 3. The maximum absolute atomic E-state index is 12.0. The molecule has 0 spiro atoms. The number of carbonyl (C=O) groups is 3. The Hall–Kier alpha value is -2.97. The van der Waals surface area contributed by atoms with Gasteiger partial charge in [-0.1, -0.05) is 18.2 Å². The number of benzene rings is 1. The Morgan fingerprint density at radius 1 is 1.25 bits per heavy atom. The topological polar surface area (TPSA) is 130 Å². The molecule has 20 heavy (non-hydrogen) atoms. The van der Waals surface area contributed by atoms with Gasteiger partial charge in [-0.2, -0.15) is 0 Å². The highest BCUT2D eigenvalue weighted by Gasteiger charge is 2.48. The van der Waals surface area contributed by atoms with Gasteiger partial charge in [0.1, 0.15) is 0 Å². The number of nitrogens with one attached hydrogen (secondary N) is 3. The van der Waals surface area contributed by atoms with E-state index >= 15 is 0 Å². The van der Waals surface area contributed by atoms with Gasteiger partial charge in [0.2, 0.25) is 0 Å². The minimum atomic E-state index is -1.86. The van der Waals surface area contributed by atoms with Gasteiger partial charge in [-0.3, -0.25) is 25.0 Å². The number of amides is 4. The number of nitrogens with zero attached hydrogens (tertiary/aromatic N) is 1. The lowest BCUT2D eigenvalue weighted by Crippen LogP contribution is -2.67. The minimum Gasteiger partial charge on any atom is -0.324 e. The summed E-state index contributed by atoms with van der Waals surface area (Å²) >= 11 is 0. The summed E-state index contributed by atoms with van der Waals surface area (Å²) in [4.78, 5) is 44.5. The lowest BCUT2D eigenvalue weighted by Gasteiger charge is -2.24. The molecule has 0 saturated carbocycles. The summed E-state index contributed by atoms with van der Waals surface area (Å²) in [6, 6.07) is 3.82. The highest BCUT2D eigenvalue weighted by molar-refractivity contribution is 6.07. The zero-order valence-electron chi connectivity index (χ0n) is 10.0. The number of nitro groups is 1. The summed E-state index contributed by atoms with van der Waals surface area (Å²) in [6.07, 6.45) is 0. The molecule has 9 nitrogen and oxygen atoms in total. The normalized spacial score (nSPS) is 21.6. The number of imide groups is 1. The Morgan fingerprint density at radius 2 is 1.90 bits per heavy atom. The molecule has 1 heterocycles. The number of anilines is 1. The zero-order chi connectivity index (χ0) is 14.7. The summed E-state index contributed by atoms with van der Waals surface area (Å²) in [6.45, 7) is 0. The van der Waals surface area contributed by atoms with E-state index in [2.05, 4.69) is 10.6 Å². The predicted octanol–water partition coefficient (Wildman–Crippen LogP) is -0.522. The quantitative estimate of drug-likeness (QED) is 0.505. The van der Waals surface area contributed by atoms with Crippen molar-refractivity contribution in [2.45, 2.75) is 12.1 Å². The molecule has 9 heteroatoms. The minimum absolute atomic E-state index is 0.403. The molecule has 1 aliphatic rings. The van der Waals surface area contributed by atoms with E-state index in [1.165, 1.54) is 0 Å². The SMILES string of the molecule is O=C1NC(=O)C([N+](=O)[O-])C(C(=O)Nc2ccccc2)N1. The molecule has 0 radical (unpaired) electrons. The van der Waals surface area contributed by atoms with Crippen LogP contribution < -0.4 is 16.0 Å². The average molecular weight is 278 g/mol. The van der Waals surface area contributed by atoms with Gasteiger partial charge in [0.05, 0.1) is 0 Å². The molecule has 2 unspecified atom stereocenters. The van der Waals surface area contributed by atoms with Crippen molar-refractivity contribution >= 4 is 23.5 Å². The molecule has 0 aromatic heterocycles. The monoisotopic (exact) mass is 278 g/mol. The maximum atomic E-state index is 12.0. The molecule has 3 N–H and O–H groups in total. The molecular weight excluding hydrogens is 268 g/mol. The van der Waals surface area contributed by atoms with Crippen LogP contribution in [0.3, 0.4) is 0 Å². The third-order valence-corrected chi connectivity index (χ3v) is 2.66. The van der Waals surface area contributed by atoms with Gasteiger partial charge in [-0.15, -0.1) is 0 Å². The van der Waals surface area contributed by atoms with Crippen LogP contribution in [0.15, 0.2) is 30.3 Å². The van der Waals surface area contributed by atoms with E-state index in [1.54, 1.807) is 35.6 Å². The van der Waals surface area contributed by atoms with Crippen LogP contribution >= 0.6 is 0 Å². The van der Waals surface area contributed by atoms with Crippen LogP contribution in [0.5, 0.6) is 0 Å². The third kappa shape index (κ3) is 2.71. The van der Waals surface area contributed by atoms with Gasteiger partial charge in [-0.05, 0) is 12.1 Å². The number of carbonyl (C=O) groups excluding carboxylic acids is 3. The molecule has 0 bridgehead atoms. The van der Waals surface area contributed by atoms with Crippen molar-refractivity contribution in [3.63, 3.8) is 0 Å². The predicted molar refractivity (Wildman–Crippen MR) is 66.3 cm³/mol. The van der Waals surface area contributed by atoms with E-state index in [0.717, 1.165) is 0 Å². The molecule has 104 valence electrons. The van der Waals surface area contributed by atoms with Crippen LogP contribution in [0.25, 0.3) is 0 Å². The number of para-hydroxylation sites is 1. The molecule has 2 rings (SSSR count). The van der Waals surface area contributed by atoms with Crippen molar-refractivity contribution in [2.75, 3.05) is 5.32 Å². The van der Waals surface area contributed by atoms with Crippen molar-refractivity contribution < 1.29 is 19.3 Å². The Bertz CT molecular complexity index is 573. The van der Waals surface area contributed by atoms with Crippen LogP contribution in [-0.2, 0) is 9.59 Å². The zero-order valence-corrected chi connectivity index (χ0v) is 10.0. The molecule has 1 aliphatic heterocycles. The Morgan fingerprint density at radius 3 is 2.50 bits per heavy atom. The maximum Gasteiger partial charge on any atom is 0.322 e. The van der Waals surface area contributed by atoms with Crippen LogP contribution in [0.4, 0.5) is 10.5 Å². The van der Waals surface area contributed by atoms with Gasteiger partial charge in [0, 0.05) is 10.6 Å². The van der Waals surface area contributed by atoms with Gasteiger partial charge in [0.15, 0.2) is 6.04 Å². The molecule has 1 saturated heterocycles. The highest BCUT2D eigenvalue weighted by Crippen LogP contribution is 2.10. The first-order chi connectivity index (χ1) is 9.49. The lowest BCUT2D eigenvalue weighted by atomic mass is 10.1. The van der Waals surface area contributed by atoms with Crippen LogP contribution in [-0.4, -0.2) is 34.9 Å². The molecule has 0 aliphatic carbocycles. The van der Waals surface area contributed by atoms with Gasteiger partial charge in [-0.25, -0.2) is 4.79 Å². The first-order valence-corrected chi connectivity index (χ1v) is 5.60. The Balaban J connectivity index is 2.19. The molecular formula is C11H10N4O5. The van der Waals surface area contributed by atoms with E-state index in [0.29, 0.717) is 5.69 Å². The van der Waals surface area contributed by atoms with Crippen molar-refractivity contribution in [3.05, 3.63) is 40.4 Å². The second-order valence-electron chi connectivity index (χ2n) is 4.03. The number of hydrogen-bond donors (Lipinski definition) is 3. The summed E-state index contributed by atoms with van der Waals surface area (Å²) in [7, 11) is 0. The number of urea groups is 1. The second kappa shape index (κ2) is 5.34. The first-order valence-electron chi connectivity index (χ1n) is 5.60.